The summed E-state index contributed by atoms with van der Waals surface area (Å²) in [5, 5.41) is 4.73. The molecule has 33 heavy (non-hydrogen) atoms. The molecule has 1 heterocycles. The fourth-order valence-corrected chi connectivity index (χ4v) is 4.12. The first-order valence-corrected chi connectivity index (χ1v) is 11.0. The maximum absolute atomic E-state index is 4.91. The zero-order valence-corrected chi connectivity index (χ0v) is 18.2. The van der Waals surface area contributed by atoms with Gasteiger partial charge in [-0.1, -0.05) is 103 Å². The standard InChI is InChI=1S/C30H21N3/c1-20-10-12-23(13-11-20)28-31-29(26-16-14-21-6-2-4-8-24(21)18-26)33-30(32-28)27-17-15-22-7-3-5-9-25(22)19-27/h2-19H,1H3. The van der Waals surface area contributed by atoms with E-state index in [4.69, 9.17) is 15.0 Å². The van der Waals surface area contributed by atoms with Crippen molar-refractivity contribution in [1.82, 2.24) is 15.0 Å². The van der Waals surface area contributed by atoms with Crippen molar-refractivity contribution in [3.05, 3.63) is 115 Å². The van der Waals surface area contributed by atoms with Crippen LogP contribution in [0.25, 0.3) is 55.7 Å². The van der Waals surface area contributed by atoms with E-state index >= 15 is 0 Å². The third kappa shape index (κ3) is 3.74. The van der Waals surface area contributed by atoms with Gasteiger partial charge in [0.25, 0.3) is 0 Å². The lowest BCUT2D eigenvalue weighted by Gasteiger charge is -2.10. The molecule has 3 nitrogen and oxygen atoms in total. The topological polar surface area (TPSA) is 38.7 Å². The smallest absolute Gasteiger partial charge is 0.164 e. The molecule has 0 amide bonds. The lowest BCUT2D eigenvalue weighted by atomic mass is 10.1. The van der Waals surface area contributed by atoms with E-state index in [0.717, 1.165) is 16.7 Å². The Morgan fingerprint density at radius 2 is 0.788 bits per heavy atom. The van der Waals surface area contributed by atoms with Gasteiger partial charge in [0.15, 0.2) is 17.5 Å². The molecule has 0 fully saturated rings. The molecule has 0 spiro atoms. The normalized spacial score (nSPS) is 11.2. The van der Waals surface area contributed by atoms with Gasteiger partial charge in [-0.05, 0) is 40.6 Å². The third-order valence-electron chi connectivity index (χ3n) is 5.96. The van der Waals surface area contributed by atoms with Crippen LogP contribution in [0.4, 0.5) is 0 Å². The molecule has 0 unspecified atom stereocenters. The van der Waals surface area contributed by atoms with E-state index in [0.29, 0.717) is 17.5 Å². The molecule has 0 saturated heterocycles. The van der Waals surface area contributed by atoms with Crippen molar-refractivity contribution < 1.29 is 0 Å². The number of fused-ring (bicyclic) bond motifs is 2. The second-order valence-corrected chi connectivity index (χ2v) is 8.30. The molecular formula is C30H21N3. The Hall–Kier alpha value is -4.37. The summed E-state index contributed by atoms with van der Waals surface area (Å²) in [6.45, 7) is 2.08. The zero-order chi connectivity index (χ0) is 22.2. The zero-order valence-electron chi connectivity index (χ0n) is 18.2. The van der Waals surface area contributed by atoms with Gasteiger partial charge in [-0.3, -0.25) is 0 Å². The van der Waals surface area contributed by atoms with Gasteiger partial charge in [-0.15, -0.1) is 0 Å². The third-order valence-corrected chi connectivity index (χ3v) is 5.96. The fourth-order valence-electron chi connectivity index (χ4n) is 4.12. The minimum atomic E-state index is 0.675. The first-order valence-electron chi connectivity index (χ1n) is 11.0. The van der Waals surface area contributed by atoms with Crippen molar-refractivity contribution in [3.8, 4) is 34.2 Å². The molecule has 0 aliphatic heterocycles. The summed E-state index contributed by atoms with van der Waals surface area (Å²) >= 11 is 0. The Morgan fingerprint density at radius 3 is 1.27 bits per heavy atom. The van der Waals surface area contributed by atoms with Crippen molar-refractivity contribution in [2.75, 3.05) is 0 Å². The molecule has 6 aromatic rings. The number of nitrogens with zero attached hydrogens (tertiary/aromatic N) is 3. The quantitative estimate of drug-likeness (QED) is 0.296. The molecule has 0 bridgehead atoms. The van der Waals surface area contributed by atoms with E-state index in [1.807, 2.05) is 0 Å². The number of rotatable bonds is 3. The van der Waals surface area contributed by atoms with E-state index in [1.54, 1.807) is 0 Å². The van der Waals surface area contributed by atoms with Crippen molar-refractivity contribution in [2.45, 2.75) is 6.92 Å². The number of hydrogen-bond donors (Lipinski definition) is 0. The van der Waals surface area contributed by atoms with Crippen LogP contribution in [0.15, 0.2) is 109 Å². The highest BCUT2D eigenvalue weighted by Gasteiger charge is 2.13. The lowest BCUT2D eigenvalue weighted by Crippen LogP contribution is -2.00. The lowest BCUT2D eigenvalue weighted by molar-refractivity contribution is 1.07. The Bertz CT molecular complexity index is 1520. The highest BCUT2D eigenvalue weighted by molar-refractivity contribution is 5.88. The summed E-state index contributed by atoms with van der Waals surface area (Å²) in [5.41, 5.74) is 4.14. The second-order valence-electron chi connectivity index (χ2n) is 8.30. The van der Waals surface area contributed by atoms with Crippen LogP contribution in [0.5, 0.6) is 0 Å². The summed E-state index contributed by atoms with van der Waals surface area (Å²) in [7, 11) is 0. The molecule has 0 radical (unpaired) electrons. The average Bonchev–Trinajstić information content (AvgIpc) is 2.88. The summed E-state index contributed by atoms with van der Waals surface area (Å²) < 4.78 is 0. The predicted octanol–water partition coefficient (Wildman–Crippen LogP) is 7.49. The molecule has 0 atom stereocenters. The molecule has 0 saturated carbocycles. The van der Waals surface area contributed by atoms with Crippen LogP contribution in [0.1, 0.15) is 5.56 Å². The number of aromatic nitrogens is 3. The van der Waals surface area contributed by atoms with Crippen LogP contribution in [0.3, 0.4) is 0 Å². The van der Waals surface area contributed by atoms with Gasteiger partial charge < -0.3 is 0 Å². The minimum Gasteiger partial charge on any atom is -0.208 e. The van der Waals surface area contributed by atoms with E-state index in [9.17, 15) is 0 Å². The van der Waals surface area contributed by atoms with Crippen LogP contribution in [-0.2, 0) is 0 Å². The molecular weight excluding hydrogens is 402 g/mol. The van der Waals surface area contributed by atoms with Crippen molar-refractivity contribution in [2.24, 2.45) is 0 Å². The van der Waals surface area contributed by atoms with Gasteiger partial charge in [0.2, 0.25) is 0 Å². The van der Waals surface area contributed by atoms with Crippen LogP contribution in [-0.4, -0.2) is 15.0 Å². The average molecular weight is 424 g/mol. The number of benzene rings is 5. The molecule has 6 rings (SSSR count). The fraction of sp³-hybridized carbons (Fsp3) is 0.0333. The van der Waals surface area contributed by atoms with Gasteiger partial charge in [-0.2, -0.15) is 0 Å². The van der Waals surface area contributed by atoms with Crippen molar-refractivity contribution >= 4 is 21.5 Å². The largest absolute Gasteiger partial charge is 0.208 e. The summed E-state index contributed by atoms with van der Waals surface area (Å²) in [6.07, 6.45) is 0. The van der Waals surface area contributed by atoms with Crippen LogP contribution in [0, 0.1) is 6.92 Å². The Kier molecular flexibility index (Phi) is 4.66. The SMILES string of the molecule is Cc1ccc(-c2nc(-c3ccc4ccccc4c3)nc(-c3ccc4ccccc4c3)n2)cc1. The Balaban J connectivity index is 1.56. The maximum atomic E-state index is 4.91. The van der Waals surface area contributed by atoms with E-state index in [-0.39, 0.29) is 0 Å². The van der Waals surface area contributed by atoms with E-state index in [1.165, 1.54) is 27.1 Å². The van der Waals surface area contributed by atoms with Gasteiger partial charge in [0.1, 0.15) is 0 Å². The Labute approximate surface area is 192 Å². The minimum absolute atomic E-state index is 0.675. The first kappa shape index (κ1) is 19.3. The van der Waals surface area contributed by atoms with Crippen LogP contribution >= 0.6 is 0 Å². The van der Waals surface area contributed by atoms with E-state index in [2.05, 4.69) is 116 Å². The highest BCUT2D eigenvalue weighted by atomic mass is 15.0. The highest BCUT2D eigenvalue weighted by Crippen LogP contribution is 2.28. The van der Waals surface area contributed by atoms with Gasteiger partial charge in [-0.25, -0.2) is 15.0 Å². The van der Waals surface area contributed by atoms with Gasteiger partial charge >= 0.3 is 0 Å². The summed E-state index contributed by atoms with van der Waals surface area (Å²) in [6, 6.07) is 37.7. The number of hydrogen-bond acceptors (Lipinski definition) is 3. The summed E-state index contributed by atoms with van der Waals surface area (Å²) in [4.78, 5) is 14.7. The van der Waals surface area contributed by atoms with Crippen molar-refractivity contribution in [3.63, 3.8) is 0 Å². The van der Waals surface area contributed by atoms with Gasteiger partial charge in [0.05, 0.1) is 0 Å². The molecule has 0 N–H and O–H groups in total. The Morgan fingerprint density at radius 1 is 0.394 bits per heavy atom. The van der Waals surface area contributed by atoms with E-state index < -0.39 is 0 Å². The number of aryl methyl sites for hydroxylation is 1. The van der Waals surface area contributed by atoms with Crippen LogP contribution in [0.2, 0.25) is 0 Å². The molecule has 1 aromatic heterocycles. The molecule has 156 valence electrons. The summed E-state index contributed by atoms with van der Waals surface area (Å²) in [5.74, 6) is 2.03. The van der Waals surface area contributed by atoms with Gasteiger partial charge in [0, 0.05) is 16.7 Å². The molecule has 0 aliphatic carbocycles. The first-order chi connectivity index (χ1) is 16.2. The van der Waals surface area contributed by atoms with Crippen LogP contribution < -0.4 is 0 Å². The molecule has 5 aromatic carbocycles. The second kappa shape index (κ2) is 7.95. The molecule has 0 aliphatic rings. The molecule has 3 heteroatoms. The maximum Gasteiger partial charge on any atom is 0.164 e. The monoisotopic (exact) mass is 423 g/mol. The van der Waals surface area contributed by atoms with Crippen molar-refractivity contribution in [1.29, 1.82) is 0 Å². The predicted molar refractivity (Wildman–Crippen MR) is 136 cm³/mol.